The van der Waals surface area contributed by atoms with E-state index in [4.69, 9.17) is 0 Å². The minimum absolute atomic E-state index is 0.231. The van der Waals surface area contributed by atoms with E-state index < -0.39 is 0 Å². The third kappa shape index (κ3) is 9.51. The van der Waals surface area contributed by atoms with Crippen molar-refractivity contribution >= 4 is 5.78 Å². The summed E-state index contributed by atoms with van der Waals surface area (Å²) in [6.45, 7) is 1.81. The van der Waals surface area contributed by atoms with Crippen LogP contribution in [0.3, 0.4) is 0 Å². The first-order valence-electron chi connectivity index (χ1n) is 5.39. The molecule has 0 radical (unpaired) electrons. The van der Waals surface area contributed by atoms with Gasteiger partial charge < -0.3 is 0 Å². The molecule has 13 heavy (non-hydrogen) atoms. The van der Waals surface area contributed by atoms with Gasteiger partial charge in [0.25, 0.3) is 0 Å². The van der Waals surface area contributed by atoms with Crippen molar-refractivity contribution in [3.8, 4) is 0 Å². The molecule has 0 bridgehead atoms. The van der Waals surface area contributed by atoms with Gasteiger partial charge in [-0.1, -0.05) is 32.6 Å². The van der Waals surface area contributed by atoms with Gasteiger partial charge in [-0.15, -0.1) is 0 Å². The fourth-order valence-corrected chi connectivity index (χ4v) is 1.31. The van der Waals surface area contributed by atoms with Gasteiger partial charge in [-0.25, -0.2) is 0 Å². The molecule has 0 aliphatic rings. The first kappa shape index (κ1) is 12.6. The van der Waals surface area contributed by atoms with Crippen molar-refractivity contribution in [2.75, 3.05) is 6.67 Å². The molecule has 78 valence electrons. The van der Waals surface area contributed by atoms with Crippen LogP contribution in [0.15, 0.2) is 0 Å². The molecule has 0 aromatic heterocycles. The molecule has 0 heterocycles. The highest BCUT2D eigenvalue weighted by molar-refractivity contribution is 5.78. The number of Topliss-reactive ketones (excluding diaryl/α,β-unsaturated/α-hetero) is 1. The van der Waals surface area contributed by atoms with Gasteiger partial charge in [0.15, 0.2) is 0 Å². The van der Waals surface area contributed by atoms with Crippen molar-refractivity contribution in [3.63, 3.8) is 0 Å². The Bertz CT molecular complexity index is 123. The summed E-state index contributed by atoms with van der Waals surface area (Å²) in [5.74, 6) is 0.231. The number of rotatable bonds is 9. The van der Waals surface area contributed by atoms with Crippen molar-refractivity contribution in [1.82, 2.24) is 0 Å². The van der Waals surface area contributed by atoms with E-state index in [1.807, 2.05) is 0 Å². The van der Waals surface area contributed by atoms with Gasteiger partial charge in [-0.2, -0.15) is 0 Å². The van der Waals surface area contributed by atoms with Crippen LogP contribution < -0.4 is 0 Å². The van der Waals surface area contributed by atoms with Gasteiger partial charge in [0.05, 0.1) is 6.67 Å². The molecule has 0 aliphatic heterocycles. The number of carbonyl (C=O) groups is 1. The van der Waals surface area contributed by atoms with Crippen molar-refractivity contribution in [3.05, 3.63) is 0 Å². The third-order valence-corrected chi connectivity index (χ3v) is 2.15. The summed E-state index contributed by atoms with van der Waals surface area (Å²) in [6, 6.07) is 0. The second-order valence-electron chi connectivity index (χ2n) is 3.50. The Kier molecular flexibility index (Phi) is 9.39. The predicted octanol–water partition coefficient (Wildman–Crippen LogP) is 3.67. The predicted molar refractivity (Wildman–Crippen MR) is 53.6 cm³/mol. The van der Waals surface area contributed by atoms with Gasteiger partial charge in [-0.05, 0) is 12.8 Å². The SMILES string of the molecule is CCCCCCCC(=O)CCCF. The number of hydrogen-bond acceptors (Lipinski definition) is 1. The Hall–Kier alpha value is -0.400. The van der Waals surface area contributed by atoms with E-state index in [0.717, 1.165) is 12.8 Å². The van der Waals surface area contributed by atoms with Crippen LogP contribution >= 0.6 is 0 Å². The van der Waals surface area contributed by atoms with Crippen molar-refractivity contribution in [2.45, 2.75) is 58.3 Å². The maximum Gasteiger partial charge on any atom is 0.133 e. The first-order valence-corrected chi connectivity index (χ1v) is 5.39. The van der Waals surface area contributed by atoms with Crippen LogP contribution in [0.1, 0.15) is 58.3 Å². The zero-order valence-electron chi connectivity index (χ0n) is 8.65. The lowest BCUT2D eigenvalue weighted by molar-refractivity contribution is -0.119. The van der Waals surface area contributed by atoms with Crippen LogP contribution in [0.2, 0.25) is 0 Å². The van der Waals surface area contributed by atoms with E-state index in [1.165, 1.54) is 19.3 Å². The quantitative estimate of drug-likeness (QED) is 0.505. The van der Waals surface area contributed by atoms with E-state index in [9.17, 15) is 9.18 Å². The Morgan fingerprint density at radius 1 is 1.00 bits per heavy atom. The standard InChI is InChI=1S/C11H21FO/c1-2-3-4-5-6-8-11(13)9-7-10-12/h2-10H2,1H3. The average molecular weight is 188 g/mol. The Morgan fingerprint density at radius 3 is 2.23 bits per heavy atom. The number of halogens is 1. The highest BCUT2D eigenvalue weighted by atomic mass is 19.1. The molecular weight excluding hydrogens is 167 g/mol. The van der Waals surface area contributed by atoms with E-state index in [2.05, 4.69) is 6.92 Å². The summed E-state index contributed by atoms with van der Waals surface area (Å²) in [5.41, 5.74) is 0. The molecule has 0 rings (SSSR count). The molecule has 0 unspecified atom stereocenters. The lowest BCUT2D eigenvalue weighted by Crippen LogP contribution is -1.97. The lowest BCUT2D eigenvalue weighted by Gasteiger charge is -1.99. The second kappa shape index (κ2) is 9.69. The van der Waals surface area contributed by atoms with Gasteiger partial charge in [-0.3, -0.25) is 9.18 Å². The highest BCUT2D eigenvalue weighted by Crippen LogP contribution is 2.07. The van der Waals surface area contributed by atoms with Gasteiger partial charge in [0, 0.05) is 12.8 Å². The zero-order valence-corrected chi connectivity index (χ0v) is 8.65. The minimum Gasteiger partial charge on any atom is -0.300 e. The van der Waals surface area contributed by atoms with E-state index >= 15 is 0 Å². The fraction of sp³-hybridized carbons (Fsp3) is 0.909. The van der Waals surface area contributed by atoms with Gasteiger partial charge in [0.2, 0.25) is 0 Å². The largest absolute Gasteiger partial charge is 0.300 e. The molecule has 0 aromatic rings. The van der Waals surface area contributed by atoms with Crippen molar-refractivity contribution < 1.29 is 9.18 Å². The summed E-state index contributed by atoms with van der Waals surface area (Å²) in [4.78, 5) is 11.1. The van der Waals surface area contributed by atoms with Crippen LogP contribution in [-0.2, 0) is 4.79 Å². The number of carbonyl (C=O) groups excluding carboxylic acids is 1. The zero-order chi connectivity index (χ0) is 9.94. The lowest BCUT2D eigenvalue weighted by atomic mass is 10.1. The second-order valence-corrected chi connectivity index (χ2v) is 3.50. The summed E-state index contributed by atoms with van der Waals surface area (Å²) >= 11 is 0. The molecule has 0 aromatic carbocycles. The third-order valence-electron chi connectivity index (χ3n) is 2.15. The highest BCUT2D eigenvalue weighted by Gasteiger charge is 2.00. The minimum atomic E-state index is -0.360. The molecular formula is C11H21FO. The molecule has 0 atom stereocenters. The first-order chi connectivity index (χ1) is 6.31. The van der Waals surface area contributed by atoms with Crippen LogP contribution in [0.5, 0.6) is 0 Å². The molecule has 0 saturated heterocycles. The van der Waals surface area contributed by atoms with Crippen LogP contribution in [-0.4, -0.2) is 12.5 Å². The summed E-state index contributed by atoms with van der Waals surface area (Å²) in [7, 11) is 0. The molecule has 0 aliphatic carbocycles. The van der Waals surface area contributed by atoms with E-state index in [0.29, 0.717) is 19.3 Å². The van der Waals surface area contributed by atoms with Crippen LogP contribution in [0, 0.1) is 0 Å². The Morgan fingerprint density at radius 2 is 1.62 bits per heavy atom. The van der Waals surface area contributed by atoms with Crippen molar-refractivity contribution in [2.24, 2.45) is 0 Å². The van der Waals surface area contributed by atoms with Crippen LogP contribution in [0.4, 0.5) is 4.39 Å². The molecule has 1 nitrogen and oxygen atoms in total. The topological polar surface area (TPSA) is 17.1 Å². The maximum atomic E-state index is 11.7. The maximum absolute atomic E-state index is 11.7. The average Bonchev–Trinajstić information content (AvgIpc) is 2.14. The number of unbranched alkanes of at least 4 members (excludes halogenated alkanes) is 4. The van der Waals surface area contributed by atoms with Gasteiger partial charge in [0.1, 0.15) is 5.78 Å². The molecule has 0 amide bonds. The molecule has 2 heteroatoms. The molecule has 0 spiro atoms. The van der Waals surface area contributed by atoms with Crippen LogP contribution in [0.25, 0.3) is 0 Å². The molecule has 0 saturated carbocycles. The number of ketones is 1. The molecule has 0 fully saturated rings. The number of alkyl halides is 1. The normalized spacial score (nSPS) is 10.3. The smallest absolute Gasteiger partial charge is 0.133 e. The summed E-state index contributed by atoms with van der Waals surface area (Å²) in [6.07, 6.45) is 7.36. The van der Waals surface area contributed by atoms with E-state index in [1.54, 1.807) is 0 Å². The van der Waals surface area contributed by atoms with E-state index in [-0.39, 0.29) is 12.5 Å². The molecule has 0 N–H and O–H groups in total. The summed E-state index contributed by atoms with van der Waals surface area (Å²) < 4.78 is 11.7. The Balaban J connectivity index is 3.08. The number of hydrogen-bond donors (Lipinski definition) is 0. The Labute approximate surface area is 80.7 Å². The van der Waals surface area contributed by atoms with Crippen molar-refractivity contribution in [1.29, 1.82) is 0 Å². The monoisotopic (exact) mass is 188 g/mol. The van der Waals surface area contributed by atoms with Gasteiger partial charge >= 0.3 is 0 Å². The fourth-order valence-electron chi connectivity index (χ4n) is 1.31. The summed E-state index contributed by atoms with van der Waals surface area (Å²) in [5, 5.41) is 0.